The summed E-state index contributed by atoms with van der Waals surface area (Å²) < 4.78 is 68.3. The molecule has 2 aliphatic heterocycles. The molecule has 2 fully saturated rings. The summed E-state index contributed by atoms with van der Waals surface area (Å²) in [6, 6.07) is 8.06. The molecule has 0 spiro atoms. The maximum Gasteiger partial charge on any atom is 0.421 e. The van der Waals surface area contributed by atoms with E-state index in [0.717, 1.165) is 11.3 Å². The first-order valence-corrected chi connectivity index (χ1v) is 14.8. The fourth-order valence-corrected chi connectivity index (χ4v) is 7.77. The Labute approximate surface area is 225 Å². The second kappa shape index (κ2) is 10.8. The molecular weight excluding hydrogens is 541 g/mol. The first-order valence-electron chi connectivity index (χ1n) is 12.4. The van der Waals surface area contributed by atoms with E-state index in [1.807, 2.05) is 18.7 Å². The summed E-state index contributed by atoms with van der Waals surface area (Å²) >= 11 is 1.15. The van der Waals surface area contributed by atoms with Gasteiger partial charge in [-0.05, 0) is 42.0 Å². The number of carbonyl (C=O) groups is 1. The maximum absolute atomic E-state index is 13.3. The lowest BCUT2D eigenvalue weighted by Crippen LogP contribution is -2.63. The lowest BCUT2D eigenvalue weighted by molar-refractivity contribution is -0.258. The number of hydrogen-bond acceptors (Lipinski definition) is 7. The van der Waals surface area contributed by atoms with Crippen molar-refractivity contribution in [2.75, 3.05) is 44.2 Å². The number of sulfonamides is 1. The van der Waals surface area contributed by atoms with Crippen LogP contribution in [-0.2, 0) is 20.4 Å². The molecule has 13 heteroatoms. The van der Waals surface area contributed by atoms with Crippen molar-refractivity contribution in [3.05, 3.63) is 47.3 Å². The van der Waals surface area contributed by atoms with Gasteiger partial charge in [0.2, 0.25) is 5.91 Å². The molecule has 2 N–H and O–H groups in total. The number of thiophene rings is 1. The van der Waals surface area contributed by atoms with E-state index in [1.54, 1.807) is 17.5 Å². The maximum atomic E-state index is 13.3. The molecule has 1 aromatic heterocycles. The van der Waals surface area contributed by atoms with Gasteiger partial charge in [0, 0.05) is 45.0 Å². The number of nitrogens with zero attached hydrogens (tertiary/aromatic N) is 3. The zero-order valence-corrected chi connectivity index (χ0v) is 23.1. The third-order valence-corrected chi connectivity index (χ3v) is 10.5. The Hall–Kier alpha value is -2.19. The summed E-state index contributed by atoms with van der Waals surface area (Å²) in [5.74, 6) is -0.0439. The fraction of sp³-hybridized carbons (Fsp3) is 0.560. The summed E-state index contributed by atoms with van der Waals surface area (Å²) in [5, 5.41) is 14.7. The molecule has 210 valence electrons. The van der Waals surface area contributed by atoms with Crippen LogP contribution >= 0.6 is 11.3 Å². The van der Waals surface area contributed by atoms with Gasteiger partial charge in [-0.2, -0.15) is 17.5 Å². The molecule has 2 aromatic rings. The van der Waals surface area contributed by atoms with Gasteiger partial charge in [0.25, 0.3) is 10.0 Å². The van der Waals surface area contributed by atoms with E-state index in [2.05, 4.69) is 10.2 Å². The molecule has 1 aromatic carbocycles. The highest BCUT2D eigenvalue weighted by Crippen LogP contribution is 2.39. The summed E-state index contributed by atoms with van der Waals surface area (Å²) in [6.45, 7) is 6.78. The number of halogens is 3. The number of alkyl halides is 3. The second-order valence-corrected chi connectivity index (χ2v) is 13.3. The minimum atomic E-state index is -4.83. The highest BCUT2D eigenvalue weighted by atomic mass is 32.2. The average Bonchev–Trinajstić information content (AvgIpc) is 3.39. The number of nitrogens with one attached hydrogen (secondary N) is 1. The molecule has 1 amide bonds. The van der Waals surface area contributed by atoms with E-state index in [0.29, 0.717) is 38.8 Å². The number of hydrogen-bond donors (Lipinski definition) is 2. The highest BCUT2D eigenvalue weighted by Gasteiger charge is 2.51. The smallest absolute Gasteiger partial charge is 0.376 e. The fourth-order valence-electron chi connectivity index (χ4n) is 5.15. The summed E-state index contributed by atoms with van der Waals surface area (Å²) in [5.41, 5.74) is -2.66. The Kier molecular flexibility index (Phi) is 8.16. The van der Waals surface area contributed by atoms with Gasteiger partial charge in [0.1, 0.15) is 4.21 Å². The molecule has 3 heterocycles. The number of anilines is 1. The number of aliphatic hydroxyl groups is 1. The predicted molar refractivity (Wildman–Crippen MR) is 139 cm³/mol. The van der Waals surface area contributed by atoms with Crippen molar-refractivity contribution in [1.82, 2.24) is 14.5 Å². The quantitative estimate of drug-likeness (QED) is 0.529. The van der Waals surface area contributed by atoms with Crippen LogP contribution in [0.15, 0.2) is 46.0 Å². The number of carbonyl (C=O) groups excluding carboxylic acids is 1. The van der Waals surface area contributed by atoms with E-state index in [9.17, 15) is 31.5 Å². The predicted octanol–water partition coefficient (Wildman–Crippen LogP) is 2.85. The Morgan fingerprint density at radius 2 is 1.82 bits per heavy atom. The molecule has 2 aliphatic rings. The molecule has 0 saturated carbocycles. The molecule has 2 saturated heterocycles. The topological polar surface area (TPSA) is 93.2 Å². The van der Waals surface area contributed by atoms with Crippen molar-refractivity contribution in [3.8, 4) is 0 Å². The van der Waals surface area contributed by atoms with Gasteiger partial charge in [0.05, 0.1) is 12.1 Å². The van der Waals surface area contributed by atoms with Gasteiger partial charge in [0.15, 0.2) is 5.60 Å². The number of rotatable bonds is 7. The second-order valence-electron chi connectivity index (χ2n) is 10.2. The zero-order valence-electron chi connectivity index (χ0n) is 21.5. The Morgan fingerprint density at radius 1 is 1.13 bits per heavy atom. The lowest BCUT2D eigenvalue weighted by atomic mass is 9.95. The summed E-state index contributed by atoms with van der Waals surface area (Å²) in [4.78, 5) is 16.7. The largest absolute Gasteiger partial charge is 0.421 e. The Balaban J connectivity index is 1.64. The van der Waals surface area contributed by atoms with E-state index in [1.165, 1.54) is 28.6 Å². The third kappa shape index (κ3) is 5.57. The summed E-state index contributed by atoms with van der Waals surface area (Å²) in [6.07, 6.45) is -4.83. The van der Waals surface area contributed by atoms with Crippen LogP contribution in [-0.4, -0.2) is 86.2 Å². The van der Waals surface area contributed by atoms with Gasteiger partial charge in [-0.3, -0.25) is 9.69 Å². The Bertz CT molecular complexity index is 1220. The van der Waals surface area contributed by atoms with Gasteiger partial charge >= 0.3 is 6.18 Å². The van der Waals surface area contributed by atoms with Crippen molar-refractivity contribution in [2.24, 2.45) is 5.92 Å². The van der Waals surface area contributed by atoms with Crippen LogP contribution in [0.3, 0.4) is 0 Å². The average molecular weight is 575 g/mol. The first kappa shape index (κ1) is 28.8. The van der Waals surface area contributed by atoms with Crippen LogP contribution in [0.5, 0.6) is 0 Å². The van der Waals surface area contributed by atoms with Crippen LogP contribution in [0.1, 0.15) is 26.3 Å². The van der Waals surface area contributed by atoms with E-state index in [-0.39, 0.29) is 46.8 Å². The molecular formula is C25H33F3N4O4S2. The van der Waals surface area contributed by atoms with Crippen molar-refractivity contribution in [2.45, 2.75) is 48.8 Å². The molecule has 0 radical (unpaired) electrons. The van der Waals surface area contributed by atoms with E-state index < -0.39 is 21.8 Å². The van der Waals surface area contributed by atoms with E-state index >= 15 is 0 Å². The van der Waals surface area contributed by atoms with Crippen LogP contribution in [0.2, 0.25) is 0 Å². The van der Waals surface area contributed by atoms with E-state index in [4.69, 9.17) is 0 Å². The molecule has 8 nitrogen and oxygen atoms in total. The van der Waals surface area contributed by atoms with Crippen LogP contribution < -0.4 is 10.2 Å². The minimum Gasteiger partial charge on any atom is -0.376 e. The molecule has 4 rings (SSSR count). The third-order valence-electron chi connectivity index (χ3n) is 7.28. The van der Waals surface area contributed by atoms with Crippen LogP contribution in [0, 0.1) is 5.92 Å². The number of amides is 1. The monoisotopic (exact) mass is 574 g/mol. The van der Waals surface area contributed by atoms with Crippen LogP contribution in [0.25, 0.3) is 0 Å². The number of piperazine rings is 2. The van der Waals surface area contributed by atoms with Gasteiger partial charge in [-0.15, -0.1) is 11.3 Å². The van der Waals surface area contributed by atoms with Crippen molar-refractivity contribution < 1.29 is 31.5 Å². The minimum absolute atomic E-state index is 0.0298. The first-order chi connectivity index (χ1) is 17.7. The molecule has 0 unspecified atom stereocenters. The molecule has 3 atom stereocenters. The Morgan fingerprint density at radius 3 is 2.39 bits per heavy atom. The summed E-state index contributed by atoms with van der Waals surface area (Å²) in [7, 11) is -3.71. The van der Waals surface area contributed by atoms with Gasteiger partial charge in [-0.1, -0.05) is 32.0 Å². The normalized spacial score (nSPS) is 23.9. The van der Waals surface area contributed by atoms with Crippen molar-refractivity contribution in [1.29, 1.82) is 0 Å². The van der Waals surface area contributed by atoms with Gasteiger partial charge < -0.3 is 15.3 Å². The molecule has 38 heavy (non-hydrogen) atoms. The highest BCUT2D eigenvalue weighted by molar-refractivity contribution is 7.91. The number of benzene rings is 1. The van der Waals surface area contributed by atoms with Crippen molar-refractivity contribution >= 4 is 33.0 Å². The standard InChI is InChI=1S/C25H33F3N4O4S2/c1-17(2)22-23(33)29-10-11-30(22)15-20-16-31(38(35,36)21-5-4-14-37-21)12-13-32(20)19-8-6-18(7-9-19)24(3,34)25(26,27)28/h4-9,14,17,20,22,34H,10-13,15-16H2,1-3H3,(H,29,33)/t20-,22-,24+/m0/s1. The molecule has 0 aliphatic carbocycles. The van der Waals surface area contributed by atoms with Crippen LogP contribution in [0.4, 0.5) is 18.9 Å². The zero-order chi connectivity index (χ0) is 27.9. The van der Waals surface area contributed by atoms with Crippen molar-refractivity contribution in [3.63, 3.8) is 0 Å². The molecule has 0 bridgehead atoms. The SMILES string of the molecule is CC(C)[C@H]1C(=O)NCCN1C[C@H]1CN(S(=O)(=O)c2cccs2)CCN1c1ccc([C@@](C)(O)C(F)(F)F)cc1. The van der Waals surface area contributed by atoms with Gasteiger partial charge in [-0.25, -0.2) is 8.42 Å². The lowest BCUT2D eigenvalue weighted by Gasteiger charge is -2.46.